The molecule has 0 spiro atoms. The molecule has 1 heterocycles. The number of carbonyl (C=O) groups is 1. The van der Waals surface area contributed by atoms with Crippen molar-refractivity contribution in [1.29, 1.82) is 0 Å². The molecule has 0 atom stereocenters. The van der Waals surface area contributed by atoms with Crippen LogP contribution in [0.3, 0.4) is 0 Å². The van der Waals surface area contributed by atoms with Gasteiger partial charge in [0, 0.05) is 26.2 Å². The van der Waals surface area contributed by atoms with Gasteiger partial charge in [-0.2, -0.15) is 0 Å². The quantitative estimate of drug-likeness (QED) is 0.863. The number of para-hydroxylation sites is 2. The molecule has 1 saturated carbocycles. The number of ether oxygens (including phenoxy) is 1. The Hall–Kier alpha value is -1.17. The highest BCUT2D eigenvalue weighted by atomic mass is 35.5. The Bertz CT molecular complexity index is 557. The Morgan fingerprint density at radius 2 is 1.64 bits per heavy atom. The summed E-state index contributed by atoms with van der Waals surface area (Å²) in [6.07, 6.45) is 5.01. The lowest BCUT2D eigenvalue weighted by atomic mass is 9.81. The van der Waals surface area contributed by atoms with Crippen LogP contribution in [0.2, 0.25) is 0 Å². The van der Waals surface area contributed by atoms with E-state index in [-0.39, 0.29) is 30.7 Å². The van der Waals surface area contributed by atoms with E-state index in [1.54, 1.807) is 7.11 Å². The third-order valence-electron chi connectivity index (χ3n) is 5.16. The summed E-state index contributed by atoms with van der Waals surface area (Å²) in [5, 5.41) is 0. The fourth-order valence-electron chi connectivity index (χ4n) is 3.75. The van der Waals surface area contributed by atoms with Gasteiger partial charge in [-0.15, -0.1) is 24.8 Å². The first-order chi connectivity index (χ1) is 11.1. The average molecular weight is 390 g/mol. The van der Waals surface area contributed by atoms with E-state index in [2.05, 4.69) is 11.0 Å². The number of amides is 1. The largest absolute Gasteiger partial charge is 0.495 e. The van der Waals surface area contributed by atoms with E-state index < -0.39 is 5.54 Å². The fraction of sp³-hybridized carbons (Fsp3) is 0.611. The Kier molecular flexibility index (Phi) is 8.32. The first kappa shape index (κ1) is 21.9. The molecule has 2 aliphatic rings. The third kappa shape index (κ3) is 4.72. The molecule has 0 bridgehead atoms. The zero-order valence-corrected chi connectivity index (χ0v) is 16.4. The van der Waals surface area contributed by atoms with Gasteiger partial charge < -0.3 is 20.3 Å². The molecule has 0 unspecified atom stereocenters. The molecule has 5 nitrogen and oxygen atoms in total. The molecule has 7 heteroatoms. The van der Waals surface area contributed by atoms with Crippen LogP contribution in [0.5, 0.6) is 5.75 Å². The molecule has 0 radical (unpaired) electrons. The summed E-state index contributed by atoms with van der Waals surface area (Å²) in [5.41, 5.74) is 6.88. The van der Waals surface area contributed by atoms with E-state index in [9.17, 15) is 4.79 Å². The lowest BCUT2D eigenvalue weighted by Gasteiger charge is -2.41. The lowest BCUT2D eigenvalue weighted by Crippen LogP contribution is -2.60. The predicted molar refractivity (Wildman–Crippen MR) is 106 cm³/mol. The van der Waals surface area contributed by atoms with Crippen molar-refractivity contribution in [2.75, 3.05) is 38.2 Å². The molecule has 1 aliphatic carbocycles. The number of methoxy groups -OCH3 is 1. The zero-order valence-electron chi connectivity index (χ0n) is 14.8. The number of hydrogen-bond donors (Lipinski definition) is 1. The molecule has 25 heavy (non-hydrogen) atoms. The molecule has 0 aromatic heterocycles. The van der Waals surface area contributed by atoms with Crippen molar-refractivity contribution in [1.82, 2.24) is 4.90 Å². The maximum Gasteiger partial charge on any atom is 0.242 e. The number of nitrogens with zero attached hydrogens (tertiary/aromatic N) is 2. The summed E-state index contributed by atoms with van der Waals surface area (Å²) in [6.45, 7) is 3.11. The molecule has 2 N–H and O–H groups in total. The van der Waals surface area contributed by atoms with Crippen molar-refractivity contribution in [2.24, 2.45) is 5.73 Å². The number of hydrogen-bond acceptors (Lipinski definition) is 4. The van der Waals surface area contributed by atoms with E-state index in [0.717, 1.165) is 63.3 Å². The minimum absolute atomic E-state index is 0. The molecule has 3 rings (SSSR count). The smallest absolute Gasteiger partial charge is 0.242 e. The van der Waals surface area contributed by atoms with Gasteiger partial charge in [-0.05, 0) is 25.0 Å². The average Bonchev–Trinajstić information content (AvgIpc) is 2.62. The van der Waals surface area contributed by atoms with E-state index in [1.807, 2.05) is 23.1 Å². The Labute approximate surface area is 162 Å². The number of anilines is 1. The Morgan fingerprint density at radius 3 is 2.24 bits per heavy atom. The molecule has 1 amide bonds. The maximum absolute atomic E-state index is 12.8. The van der Waals surface area contributed by atoms with Gasteiger partial charge in [-0.1, -0.05) is 31.4 Å². The van der Waals surface area contributed by atoms with Crippen LogP contribution in [0.1, 0.15) is 32.1 Å². The molecule has 142 valence electrons. The summed E-state index contributed by atoms with van der Waals surface area (Å²) < 4.78 is 5.44. The van der Waals surface area contributed by atoms with Crippen LogP contribution in [-0.4, -0.2) is 49.6 Å². The summed E-state index contributed by atoms with van der Waals surface area (Å²) >= 11 is 0. The second-order valence-electron chi connectivity index (χ2n) is 6.67. The minimum atomic E-state index is -0.620. The topological polar surface area (TPSA) is 58.8 Å². The number of nitrogens with two attached hydrogens (primary N) is 1. The van der Waals surface area contributed by atoms with Crippen LogP contribution < -0.4 is 15.4 Å². The minimum Gasteiger partial charge on any atom is -0.495 e. The number of rotatable bonds is 3. The standard InChI is InChI=1S/C18H27N3O2.2ClH/c1-23-16-8-4-3-7-15(16)20-11-13-21(14-12-20)17(22)18(19)9-5-2-6-10-18;;/h3-4,7-8H,2,5-6,9-14,19H2,1H3;2*1H. The number of halogens is 2. The van der Waals surface area contributed by atoms with Gasteiger partial charge in [-0.25, -0.2) is 0 Å². The summed E-state index contributed by atoms with van der Waals surface area (Å²) in [4.78, 5) is 17.0. The van der Waals surface area contributed by atoms with Gasteiger partial charge >= 0.3 is 0 Å². The van der Waals surface area contributed by atoms with E-state index in [4.69, 9.17) is 10.5 Å². The normalized spacial score (nSPS) is 19.4. The number of carbonyl (C=O) groups excluding carboxylic acids is 1. The summed E-state index contributed by atoms with van der Waals surface area (Å²) in [5.74, 6) is 1.03. The summed E-state index contributed by atoms with van der Waals surface area (Å²) in [6, 6.07) is 8.04. The number of benzene rings is 1. The van der Waals surface area contributed by atoms with Gasteiger partial charge in [0.2, 0.25) is 5.91 Å². The van der Waals surface area contributed by atoms with Crippen molar-refractivity contribution >= 4 is 36.4 Å². The molecule has 2 fully saturated rings. The van der Waals surface area contributed by atoms with Crippen molar-refractivity contribution in [3.8, 4) is 5.75 Å². The SMILES string of the molecule is COc1ccccc1N1CCN(C(=O)C2(N)CCCCC2)CC1.Cl.Cl. The highest BCUT2D eigenvalue weighted by molar-refractivity contribution is 5.86. The summed E-state index contributed by atoms with van der Waals surface area (Å²) in [7, 11) is 1.69. The number of piperazine rings is 1. The van der Waals surface area contributed by atoms with Crippen LogP contribution in [0, 0.1) is 0 Å². The molecule has 1 aromatic carbocycles. The van der Waals surface area contributed by atoms with Gasteiger partial charge in [-0.3, -0.25) is 4.79 Å². The molecule has 1 aliphatic heterocycles. The van der Waals surface area contributed by atoms with E-state index >= 15 is 0 Å². The van der Waals surface area contributed by atoms with Gasteiger partial charge in [0.25, 0.3) is 0 Å². The Balaban J connectivity index is 0.00000156. The monoisotopic (exact) mass is 389 g/mol. The van der Waals surface area contributed by atoms with Crippen molar-refractivity contribution in [3.05, 3.63) is 24.3 Å². The van der Waals surface area contributed by atoms with Crippen molar-refractivity contribution in [2.45, 2.75) is 37.6 Å². The van der Waals surface area contributed by atoms with E-state index in [1.165, 1.54) is 6.42 Å². The van der Waals surface area contributed by atoms with Crippen LogP contribution in [0.25, 0.3) is 0 Å². The highest BCUT2D eigenvalue weighted by Gasteiger charge is 2.39. The molecule has 1 saturated heterocycles. The molecular weight excluding hydrogens is 361 g/mol. The molecular formula is C18H29Cl2N3O2. The van der Waals surface area contributed by atoms with E-state index in [0.29, 0.717) is 0 Å². The predicted octanol–water partition coefficient (Wildman–Crippen LogP) is 2.85. The fourth-order valence-corrected chi connectivity index (χ4v) is 3.75. The van der Waals surface area contributed by atoms with Crippen LogP contribution in [0.4, 0.5) is 5.69 Å². The lowest BCUT2D eigenvalue weighted by molar-refractivity contribution is -0.138. The van der Waals surface area contributed by atoms with Crippen LogP contribution in [-0.2, 0) is 4.79 Å². The van der Waals surface area contributed by atoms with Gasteiger partial charge in [0.15, 0.2) is 0 Å². The van der Waals surface area contributed by atoms with Crippen molar-refractivity contribution < 1.29 is 9.53 Å². The zero-order chi connectivity index (χ0) is 16.3. The Morgan fingerprint density at radius 1 is 1.04 bits per heavy atom. The molecule has 1 aromatic rings. The maximum atomic E-state index is 12.8. The highest BCUT2D eigenvalue weighted by Crippen LogP contribution is 2.30. The van der Waals surface area contributed by atoms with Crippen LogP contribution in [0.15, 0.2) is 24.3 Å². The second-order valence-corrected chi connectivity index (χ2v) is 6.67. The first-order valence-corrected chi connectivity index (χ1v) is 8.60. The first-order valence-electron chi connectivity index (χ1n) is 8.60. The van der Waals surface area contributed by atoms with Gasteiger partial charge in [0.1, 0.15) is 5.75 Å². The third-order valence-corrected chi connectivity index (χ3v) is 5.16. The van der Waals surface area contributed by atoms with Crippen molar-refractivity contribution in [3.63, 3.8) is 0 Å². The second kappa shape index (κ2) is 9.51. The van der Waals surface area contributed by atoms with Gasteiger partial charge in [0.05, 0.1) is 18.3 Å². The van der Waals surface area contributed by atoms with Crippen LogP contribution >= 0.6 is 24.8 Å².